The van der Waals surface area contributed by atoms with E-state index >= 15 is 0 Å². The first kappa shape index (κ1) is 13.2. The predicted molar refractivity (Wildman–Crippen MR) is 70.7 cm³/mol. The molecule has 4 nitrogen and oxygen atoms in total. The summed E-state index contributed by atoms with van der Waals surface area (Å²) in [6.45, 7) is 5.53. The molecule has 5 heteroatoms. The van der Waals surface area contributed by atoms with Gasteiger partial charge in [-0.05, 0) is 12.3 Å². The summed E-state index contributed by atoms with van der Waals surface area (Å²) in [4.78, 5) is 4.04. The summed E-state index contributed by atoms with van der Waals surface area (Å²) in [7, 11) is 0. The highest BCUT2D eigenvalue weighted by Gasteiger charge is 1.99. The average molecular weight is 242 g/mol. The maximum absolute atomic E-state index is 5.43. The Morgan fingerprint density at radius 1 is 1.25 bits per heavy atom. The van der Waals surface area contributed by atoms with E-state index in [-0.39, 0.29) is 0 Å². The first-order valence-electron chi connectivity index (χ1n) is 6.01. The molecule has 0 saturated heterocycles. The van der Waals surface area contributed by atoms with Gasteiger partial charge in [0.05, 0.1) is 0 Å². The van der Waals surface area contributed by atoms with Gasteiger partial charge in [0.15, 0.2) is 0 Å². The van der Waals surface area contributed by atoms with Crippen molar-refractivity contribution in [3.8, 4) is 0 Å². The van der Waals surface area contributed by atoms with Crippen LogP contribution in [0.25, 0.3) is 0 Å². The number of nitrogen functional groups attached to an aromatic ring is 1. The van der Waals surface area contributed by atoms with E-state index in [0.717, 1.165) is 17.6 Å². The van der Waals surface area contributed by atoms with Crippen LogP contribution in [0.2, 0.25) is 0 Å². The van der Waals surface area contributed by atoms with Gasteiger partial charge in [-0.25, -0.2) is 0 Å². The minimum absolute atomic E-state index is 0.365. The Hall–Kier alpha value is -0.840. The highest BCUT2D eigenvalue weighted by molar-refractivity contribution is 7.09. The molecular weight excluding hydrogens is 220 g/mol. The van der Waals surface area contributed by atoms with Crippen LogP contribution in [0.4, 0.5) is 11.1 Å². The van der Waals surface area contributed by atoms with Crippen molar-refractivity contribution in [1.82, 2.24) is 9.36 Å². The average Bonchev–Trinajstić information content (AvgIpc) is 2.62. The van der Waals surface area contributed by atoms with Crippen LogP contribution in [0.1, 0.15) is 46.0 Å². The van der Waals surface area contributed by atoms with Crippen LogP contribution in [-0.4, -0.2) is 15.9 Å². The number of nitrogens with two attached hydrogens (primary N) is 1. The quantitative estimate of drug-likeness (QED) is 0.687. The van der Waals surface area contributed by atoms with E-state index in [1.54, 1.807) is 0 Å². The second kappa shape index (κ2) is 7.44. The van der Waals surface area contributed by atoms with E-state index in [0.29, 0.717) is 5.95 Å². The van der Waals surface area contributed by atoms with Gasteiger partial charge in [-0.15, -0.1) is 0 Å². The molecule has 0 fully saturated rings. The third kappa shape index (κ3) is 5.90. The number of unbranched alkanes of at least 4 members (excludes halogenated alkanes) is 3. The number of nitrogens with one attached hydrogen (secondary N) is 1. The van der Waals surface area contributed by atoms with Gasteiger partial charge in [0.1, 0.15) is 0 Å². The van der Waals surface area contributed by atoms with Crippen LogP contribution in [0, 0.1) is 5.92 Å². The molecule has 0 amide bonds. The van der Waals surface area contributed by atoms with Gasteiger partial charge in [-0.1, -0.05) is 39.5 Å². The molecule has 92 valence electrons. The Kier molecular flexibility index (Phi) is 6.15. The number of rotatable bonds is 8. The minimum Gasteiger partial charge on any atom is -0.367 e. The van der Waals surface area contributed by atoms with E-state index in [1.165, 1.54) is 43.6 Å². The molecule has 0 aliphatic heterocycles. The van der Waals surface area contributed by atoms with Crippen molar-refractivity contribution in [3.63, 3.8) is 0 Å². The molecule has 0 atom stereocenters. The summed E-state index contributed by atoms with van der Waals surface area (Å²) in [6.07, 6.45) is 6.51. The molecule has 1 aromatic rings. The molecule has 0 spiro atoms. The Balaban J connectivity index is 1.92. The van der Waals surface area contributed by atoms with Crippen molar-refractivity contribution in [1.29, 1.82) is 0 Å². The molecule has 0 aromatic carbocycles. The Bertz CT molecular complexity index is 285. The molecule has 1 aromatic heterocycles. The standard InChI is InChI=1S/C11H22N4S/c1-9(2)7-5-3-4-6-8-13-11-14-10(12)15-16-11/h9H,3-8H2,1-2H3,(H3,12,13,14,15). The lowest BCUT2D eigenvalue weighted by Gasteiger charge is -2.04. The molecular formula is C11H22N4S. The van der Waals surface area contributed by atoms with Gasteiger partial charge in [0.2, 0.25) is 11.1 Å². The Labute approximate surface area is 102 Å². The zero-order chi connectivity index (χ0) is 11.8. The van der Waals surface area contributed by atoms with E-state index in [2.05, 4.69) is 28.5 Å². The normalized spacial score (nSPS) is 10.9. The number of aromatic nitrogens is 2. The topological polar surface area (TPSA) is 63.8 Å². The predicted octanol–water partition coefficient (Wildman–Crippen LogP) is 3.14. The van der Waals surface area contributed by atoms with Crippen molar-refractivity contribution in [2.24, 2.45) is 5.92 Å². The highest BCUT2D eigenvalue weighted by Crippen LogP contribution is 2.13. The molecule has 3 N–H and O–H groups in total. The van der Waals surface area contributed by atoms with Crippen LogP contribution >= 0.6 is 11.5 Å². The summed E-state index contributed by atoms with van der Waals surface area (Å²) in [5, 5.41) is 4.06. The molecule has 0 bridgehead atoms. The fraction of sp³-hybridized carbons (Fsp3) is 0.818. The van der Waals surface area contributed by atoms with Gasteiger partial charge in [-0.2, -0.15) is 9.36 Å². The van der Waals surface area contributed by atoms with E-state index in [1.807, 2.05) is 0 Å². The van der Waals surface area contributed by atoms with Crippen molar-refractivity contribution in [3.05, 3.63) is 0 Å². The first-order chi connectivity index (χ1) is 7.68. The molecule has 0 radical (unpaired) electrons. The second-order valence-electron chi connectivity index (χ2n) is 4.48. The van der Waals surface area contributed by atoms with Crippen molar-refractivity contribution >= 4 is 22.6 Å². The summed E-state index contributed by atoms with van der Waals surface area (Å²) in [5.41, 5.74) is 5.43. The minimum atomic E-state index is 0.365. The summed E-state index contributed by atoms with van der Waals surface area (Å²) in [6, 6.07) is 0. The maximum atomic E-state index is 5.43. The molecule has 0 aliphatic rings. The molecule has 0 aliphatic carbocycles. The van der Waals surface area contributed by atoms with Gasteiger partial charge in [0.25, 0.3) is 0 Å². The van der Waals surface area contributed by atoms with Crippen LogP contribution in [-0.2, 0) is 0 Å². The van der Waals surface area contributed by atoms with Gasteiger partial charge < -0.3 is 11.1 Å². The zero-order valence-corrected chi connectivity index (χ0v) is 11.0. The summed E-state index contributed by atoms with van der Waals surface area (Å²) in [5.74, 6) is 1.20. The fourth-order valence-corrected chi connectivity index (χ4v) is 2.05. The van der Waals surface area contributed by atoms with E-state index < -0.39 is 0 Å². The molecule has 0 saturated carbocycles. The fourth-order valence-electron chi connectivity index (χ4n) is 1.53. The number of nitrogens with zero attached hydrogens (tertiary/aromatic N) is 2. The summed E-state index contributed by atoms with van der Waals surface area (Å²) < 4.78 is 3.91. The van der Waals surface area contributed by atoms with Crippen LogP contribution in [0.3, 0.4) is 0 Å². The largest absolute Gasteiger partial charge is 0.367 e. The van der Waals surface area contributed by atoms with Crippen molar-refractivity contribution < 1.29 is 0 Å². The molecule has 16 heavy (non-hydrogen) atoms. The van der Waals surface area contributed by atoms with E-state index in [9.17, 15) is 0 Å². The lowest BCUT2D eigenvalue weighted by molar-refractivity contribution is 0.523. The van der Waals surface area contributed by atoms with Crippen LogP contribution in [0.15, 0.2) is 0 Å². The van der Waals surface area contributed by atoms with Gasteiger partial charge in [-0.3, -0.25) is 0 Å². The molecule has 1 heterocycles. The van der Waals surface area contributed by atoms with E-state index in [4.69, 9.17) is 5.73 Å². The Morgan fingerprint density at radius 2 is 2.00 bits per heavy atom. The lowest BCUT2D eigenvalue weighted by Crippen LogP contribution is -2.01. The highest BCUT2D eigenvalue weighted by atomic mass is 32.1. The Morgan fingerprint density at radius 3 is 2.62 bits per heavy atom. The van der Waals surface area contributed by atoms with Crippen molar-refractivity contribution in [2.45, 2.75) is 46.0 Å². The lowest BCUT2D eigenvalue weighted by atomic mass is 10.0. The third-order valence-corrected chi connectivity index (χ3v) is 3.11. The van der Waals surface area contributed by atoms with Crippen LogP contribution < -0.4 is 11.1 Å². The smallest absolute Gasteiger partial charge is 0.233 e. The van der Waals surface area contributed by atoms with Crippen LogP contribution in [0.5, 0.6) is 0 Å². The number of anilines is 2. The maximum Gasteiger partial charge on any atom is 0.233 e. The third-order valence-electron chi connectivity index (χ3n) is 2.43. The van der Waals surface area contributed by atoms with Gasteiger partial charge >= 0.3 is 0 Å². The number of hydrogen-bond acceptors (Lipinski definition) is 5. The van der Waals surface area contributed by atoms with Crippen molar-refractivity contribution in [2.75, 3.05) is 17.6 Å². The SMILES string of the molecule is CC(C)CCCCCCNc1nc(N)ns1. The number of hydrogen-bond donors (Lipinski definition) is 2. The second-order valence-corrected chi connectivity index (χ2v) is 5.23. The monoisotopic (exact) mass is 242 g/mol. The van der Waals surface area contributed by atoms with Gasteiger partial charge in [0, 0.05) is 18.1 Å². The summed E-state index contributed by atoms with van der Waals surface area (Å²) >= 11 is 1.32. The molecule has 1 rings (SSSR count). The molecule has 0 unspecified atom stereocenters. The first-order valence-corrected chi connectivity index (χ1v) is 6.79. The zero-order valence-electron chi connectivity index (χ0n) is 10.2.